The highest BCUT2D eigenvalue weighted by atomic mass is 79.9. The Kier molecular flexibility index (Phi) is 5.42. The highest BCUT2D eigenvalue weighted by Crippen LogP contribution is 2.20. The minimum Gasteiger partial charge on any atom is -0.324 e. The summed E-state index contributed by atoms with van der Waals surface area (Å²) in [5, 5.41) is 5.48. The summed E-state index contributed by atoms with van der Waals surface area (Å²) in [5.74, 6) is -0.600. The van der Waals surface area contributed by atoms with Crippen LogP contribution in [0.5, 0.6) is 0 Å². The van der Waals surface area contributed by atoms with Gasteiger partial charge in [0.2, 0.25) is 5.91 Å². The smallest absolute Gasteiger partial charge is 0.224 e. The van der Waals surface area contributed by atoms with Gasteiger partial charge in [-0.1, -0.05) is 15.9 Å². The Hall–Kier alpha value is -0.940. The highest BCUT2D eigenvalue weighted by molar-refractivity contribution is 9.10. The Morgan fingerprint density at radius 1 is 1.50 bits per heavy atom. The van der Waals surface area contributed by atoms with Gasteiger partial charge in [-0.2, -0.15) is 0 Å². The van der Waals surface area contributed by atoms with Crippen LogP contribution in [0.15, 0.2) is 22.7 Å². The largest absolute Gasteiger partial charge is 0.324 e. The maximum atomic E-state index is 13.3. The summed E-state index contributed by atoms with van der Waals surface area (Å²) in [7, 11) is 1.83. The Morgan fingerprint density at radius 3 is 2.94 bits per heavy atom. The Morgan fingerprint density at radius 2 is 2.25 bits per heavy atom. The number of rotatable bonds is 5. The van der Waals surface area contributed by atoms with Crippen LogP contribution in [0.4, 0.5) is 10.1 Å². The van der Waals surface area contributed by atoms with Gasteiger partial charge in [-0.25, -0.2) is 4.39 Å². The first-order valence-corrected chi connectivity index (χ1v) is 5.82. The van der Waals surface area contributed by atoms with Crippen molar-refractivity contribution < 1.29 is 9.18 Å². The Bertz CT molecular complexity index is 371. The van der Waals surface area contributed by atoms with Gasteiger partial charge in [0.1, 0.15) is 5.82 Å². The Labute approximate surface area is 103 Å². The molecule has 0 unspecified atom stereocenters. The topological polar surface area (TPSA) is 41.1 Å². The summed E-state index contributed by atoms with van der Waals surface area (Å²) < 4.78 is 14.0. The van der Waals surface area contributed by atoms with E-state index >= 15 is 0 Å². The lowest BCUT2D eigenvalue weighted by molar-refractivity contribution is -0.116. The van der Waals surface area contributed by atoms with Gasteiger partial charge in [-0.3, -0.25) is 4.79 Å². The SMILES string of the molecule is CNCCCC(=O)Nc1cc(Br)ccc1F. The lowest BCUT2D eigenvalue weighted by atomic mass is 10.2. The molecule has 0 saturated heterocycles. The summed E-state index contributed by atoms with van der Waals surface area (Å²) in [6, 6.07) is 4.45. The molecule has 0 aliphatic rings. The van der Waals surface area contributed by atoms with Crippen molar-refractivity contribution in [1.82, 2.24) is 5.32 Å². The summed E-state index contributed by atoms with van der Waals surface area (Å²) in [5.41, 5.74) is 0.212. The second kappa shape index (κ2) is 6.60. The van der Waals surface area contributed by atoms with Gasteiger partial charge in [-0.05, 0) is 38.2 Å². The minimum atomic E-state index is -0.426. The molecular weight excluding hydrogens is 275 g/mol. The molecule has 88 valence electrons. The summed E-state index contributed by atoms with van der Waals surface area (Å²) in [4.78, 5) is 11.4. The van der Waals surface area contributed by atoms with Crippen LogP contribution >= 0.6 is 15.9 Å². The second-order valence-corrected chi connectivity index (χ2v) is 4.30. The van der Waals surface area contributed by atoms with Crippen LogP contribution in [-0.2, 0) is 4.79 Å². The molecule has 1 aromatic rings. The molecule has 0 radical (unpaired) electrons. The van der Waals surface area contributed by atoms with Crippen molar-refractivity contribution in [2.75, 3.05) is 18.9 Å². The molecule has 0 bridgehead atoms. The van der Waals surface area contributed by atoms with Crippen LogP contribution in [0.1, 0.15) is 12.8 Å². The first-order valence-electron chi connectivity index (χ1n) is 5.03. The zero-order chi connectivity index (χ0) is 12.0. The standard InChI is InChI=1S/C11H14BrFN2O/c1-14-6-2-3-11(16)15-10-7-8(12)4-5-9(10)13/h4-5,7,14H,2-3,6H2,1H3,(H,15,16). The first-order chi connectivity index (χ1) is 7.63. The van der Waals surface area contributed by atoms with Crippen molar-refractivity contribution in [1.29, 1.82) is 0 Å². The van der Waals surface area contributed by atoms with Crippen molar-refractivity contribution in [3.05, 3.63) is 28.5 Å². The number of nitrogens with one attached hydrogen (secondary N) is 2. The molecule has 3 nitrogen and oxygen atoms in total. The van der Waals surface area contributed by atoms with Gasteiger partial charge < -0.3 is 10.6 Å². The fourth-order valence-electron chi connectivity index (χ4n) is 1.23. The van der Waals surface area contributed by atoms with Crippen LogP contribution in [0.3, 0.4) is 0 Å². The molecule has 2 N–H and O–H groups in total. The van der Waals surface area contributed by atoms with E-state index in [1.165, 1.54) is 6.07 Å². The number of hydrogen-bond acceptors (Lipinski definition) is 2. The highest BCUT2D eigenvalue weighted by Gasteiger charge is 2.06. The molecule has 0 fully saturated rings. The molecule has 0 heterocycles. The average molecular weight is 289 g/mol. The quantitative estimate of drug-likeness (QED) is 0.818. The van der Waals surface area contributed by atoms with Crippen molar-refractivity contribution in [2.45, 2.75) is 12.8 Å². The Balaban J connectivity index is 2.52. The van der Waals surface area contributed by atoms with Crippen LogP contribution in [0.2, 0.25) is 0 Å². The molecule has 1 aromatic carbocycles. The van der Waals surface area contributed by atoms with Crippen molar-refractivity contribution >= 4 is 27.5 Å². The fraction of sp³-hybridized carbons (Fsp3) is 0.364. The maximum absolute atomic E-state index is 13.3. The molecule has 0 atom stereocenters. The number of halogens is 2. The predicted molar refractivity (Wildman–Crippen MR) is 65.9 cm³/mol. The number of hydrogen-bond donors (Lipinski definition) is 2. The first kappa shape index (κ1) is 13.1. The summed E-state index contributed by atoms with van der Waals surface area (Å²) in [6.45, 7) is 0.772. The number of benzene rings is 1. The van der Waals surface area contributed by atoms with Gasteiger partial charge in [0.05, 0.1) is 5.69 Å². The van der Waals surface area contributed by atoms with E-state index in [1.54, 1.807) is 12.1 Å². The van der Waals surface area contributed by atoms with E-state index < -0.39 is 5.82 Å². The number of carbonyl (C=O) groups is 1. The normalized spacial score (nSPS) is 10.2. The van der Waals surface area contributed by atoms with E-state index in [4.69, 9.17) is 0 Å². The molecule has 0 saturated carbocycles. The van der Waals surface area contributed by atoms with Gasteiger partial charge in [0.25, 0.3) is 0 Å². The number of carbonyl (C=O) groups excluding carboxylic acids is 1. The van der Waals surface area contributed by atoms with E-state index in [-0.39, 0.29) is 11.6 Å². The molecule has 0 aromatic heterocycles. The van der Waals surface area contributed by atoms with Crippen molar-refractivity contribution in [2.24, 2.45) is 0 Å². The predicted octanol–water partition coefficient (Wildman–Crippen LogP) is 2.53. The molecule has 1 amide bonds. The van der Waals surface area contributed by atoms with Crippen molar-refractivity contribution in [3.63, 3.8) is 0 Å². The van der Waals surface area contributed by atoms with E-state index in [9.17, 15) is 9.18 Å². The van der Waals surface area contributed by atoms with Gasteiger partial charge in [-0.15, -0.1) is 0 Å². The van der Waals surface area contributed by atoms with Crippen LogP contribution in [0, 0.1) is 5.82 Å². The van der Waals surface area contributed by atoms with E-state index in [0.29, 0.717) is 6.42 Å². The third-order valence-corrected chi connectivity index (χ3v) is 2.53. The van der Waals surface area contributed by atoms with E-state index in [2.05, 4.69) is 26.6 Å². The molecular formula is C11H14BrFN2O. The molecule has 5 heteroatoms. The third-order valence-electron chi connectivity index (χ3n) is 2.03. The molecule has 0 aliphatic carbocycles. The van der Waals surface area contributed by atoms with Crippen molar-refractivity contribution in [3.8, 4) is 0 Å². The van der Waals surface area contributed by atoms with Gasteiger partial charge >= 0.3 is 0 Å². The number of anilines is 1. The number of amides is 1. The lowest BCUT2D eigenvalue weighted by Gasteiger charge is -2.06. The minimum absolute atomic E-state index is 0.174. The zero-order valence-corrected chi connectivity index (χ0v) is 10.6. The van der Waals surface area contributed by atoms with Gasteiger partial charge in [0, 0.05) is 10.9 Å². The molecule has 16 heavy (non-hydrogen) atoms. The molecule has 0 aliphatic heterocycles. The fourth-order valence-corrected chi connectivity index (χ4v) is 1.59. The molecule has 1 rings (SSSR count). The zero-order valence-electron chi connectivity index (χ0n) is 9.02. The second-order valence-electron chi connectivity index (χ2n) is 3.38. The third kappa shape index (κ3) is 4.28. The van der Waals surface area contributed by atoms with Crippen LogP contribution in [-0.4, -0.2) is 19.5 Å². The van der Waals surface area contributed by atoms with Crippen LogP contribution < -0.4 is 10.6 Å². The van der Waals surface area contributed by atoms with Gasteiger partial charge in [0.15, 0.2) is 0 Å². The average Bonchev–Trinajstić information content (AvgIpc) is 2.24. The van der Waals surface area contributed by atoms with Crippen LogP contribution in [0.25, 0.3) is 0 Å². The van der Waals surface area contributed by atoms with E-state index in [1.807, 2.05) is 7.05 Å². The maximum Gasteiger partial charge on any atom is 0.224 e. The summed E-state index contributed by atoms with van der Waals surface area (Å²) in [6.07, 6.45) is 1.12. The lowest BCUT2D eigenvalue weighted by Crippen LogP contribution is -2.15. The van der Waals surface area contributed by atoms with E-state index in [0.717, 1.165) is 17.4 Å². The summed E-state index contributed by atoms with van der Waals surface area (Å²) >= 11 is 3.22. The molecule has 0 spiro atoms. The monoisotopic (exact) mass is 288 g/mol.